The lowest BCUT2D eigenvalue weighted by atomic mass is 9.79. The standard InChI is InChI=1S/C24H34N2O3/c1-5-19(20-14-11-17-26(20)23(28)29-24(2,3)4)21(18-12-7-6-8-13-18)22(27)25-15-9-10-16-25/h5-8,12-13,19-21H,1,9-11,14-17H2,2-4H3/t19-,20+,21-/m1/s1. The van der Waals surface area contributed by atoms with Gasteiger partial charge in [-0.05, 0) is 52.0 Å². The number of nitrogens with zero attached hydrogens (tertiary/aromatic N) is 2. The average Bonchev–Trinajstić information content (AvgIpc) is 3.36. The van der Waals surface area contributed by atoms with Crippen molar-refractivity contribution in [2.24, 2.45) is 5.92 Å². The lowest BCUT2D eigenvalue weighted by Crippen LogP contribution is -2.46. The number of carbonyl (C=O) groups excluding carboxylic acids is 2. The summed E-state index contributed by atoms with van der Waals surface area (Å²) in [5, 5.41) is 0. The van der Waals surface area contributed by atoms with Crippen molar-refractivity contribution in [3.63, 3.8) is 0 Å². The Morgan fingerprint density at radius 3 is 2.34 bits per heavy atom. The number of likely N-dealkylation sites (tertiary alicyclic amines) is 2. The first-order chi connectivity index (χ1) is 13.8. The first-order valence-corrected chi connectivity index (χ1v) is 10.8. The maximum Gasteiger partial charge on any atom is 0.410 e. The van der Waals surface area contributed by atoms with Crippen LogP contribution in [0, 0.1) is 5.92 Å². The van der Waals surface area contributed by atoms with Crippen LogP contribution in [0.25, 0.3) is 0 Å². The molecule has 3 atom stereocenters. The number of hydrogen-bond donors (Lipinski definition) is 0. The molecular formula is C24H34N2O3. The van der Waals surface area contributed by atoms with E-state index in [9.17, 15) is 9.59 Å². The molecule has 2 aliphatic heterocycles. The van der Waals surface area contributed by atoms with E-state index < -0.39 is 5.60 Å². The van der Waals surface area contributed by atoms with Crippen molar-refractivity contribution in [1.29, 1.82) is 0 Å². The van der Waals surface area contributed by atoms with Gasteiger partial charge in [-0.15, -0.1) is 6.58 Å². The van der Waals surface area contributed by atoms with Crippen LogP contribution in [0.15, 0.2) is 43.0 Å². The molecular weight excluding hydrogens is 364 g/mol. The van der Waals surface area contributed by atoms with Gasteiger partial charge in [0.05, 0.1) is 5.92 Å². The Labute approximate surface area is 174 Å². The molecule has 0 saturated carbocycles. The summed E-state index contributed by atoms with van der Waals surface area (Å²) in [4.78, 5) is 30.2. The maximum atomic E-state index is 13.6. The van der Waals surface area contributed by atoms with E-state index in [1.165, 1.54) is 0 Å². The van der Waals surface area contributed by atoms with Crippen molar-refractivity contribution in [1.82, 2.24) is 9.80 Å². The van der Waals surface area contributed by atoms with Crippen molar-refractivity contribution in [2.45, 2.75) is 64.0 Å². The van der Waals surface area contributed by atoms with E-state index in [0.717, 1.165) is 44.3 Å². The molecule has 2 saturated heterocycles. The summed E-state index contributed by atoms with van der Waals surface area (Å²) in [5.41, 5.74) is 0.448. The molecule has 0 bridgehead atoms. The molecule has 158 valence electrons. The van der Waals surface area contributed by atoms with Crippen LogP contribution in [-0.4, -0.2) is 53.1 Å². The van der Waals surface area contributed by atoms with Crippen molar-refractivity contribution < 1.29 is 14.3 Å². The molecule has 2 fully saturated rings. The molecule has 0 unspecified atom stereocenters. The second-order valence-corrected chi connectivity index (χ2v) is 9.12. The van der Waals surface area contributed by atoms with E-state index in [-0.39, 0.29) is 29.9 Å². The SMILES string of the molecule is C=C[C@@H]([C@H](C(=O)N1CCCC1)c1ccccc1)[C@@H]1CCCN1C(=O)OC(C)(C)C. The molecule has 29 heavy (non-hydrogen) atoms. The molecule has 5 heteroatoms. The molecule has 0 radical (unpaired) electrons. The van der Waals surface area contributed by atoms with Crippen LogP contribution in [0.4, 0.5) is 4.79 Å². The van der Waals surface area contributed by atoms with Gasteiger partial charge < -0.3 is 14.5 Å². The van der Waals surface area contributed by atoms with Gasteiger partial charge in [0.2, 0.25) is 5.91 Å². The number of hydrogen-bond acceptors (Lipinski definition) is 3. The van der Waals surface area contributed by atoms with Gasteiger partial charge in [-0.3, -0.25) is 4.79 Å². The Hall–Kier alpha value is -2.30. The Balaban J connectivity index is 1.91. The van der Waals surface area contributed by atoms with Gasteiger partial charge in [0.1, 0.15) is 5.60 Å². The number of carbonyl (C=O) groups is 2. The van der Waals surface area contributed by atoms with Gasteiger partial charge in [0.25, 0.3) is 0 Å². The molecule has 1 aromatic rings. The molecule has 0 N–H and O–H groups in total. The third-order valence-corrected chi connectivity index (χ3v) is 5.87. The summed E-state index contributed by atoms with van der Waals surface area (Å²) in [5.74, 6) is -0.338. The number of rotatable bonds is 5. The number of benzene rings is 1. The Morgan fingerprint density at radius 2 is 1.76 bits per heavy atom. The van der Waals surface area contributed by atoms with E-state index in [1.807, 2.05) is 67.0 Å². The van der Waals surface area contributed by atoms with Gasteiger partial charge in [-0.1, -0.05) is 36.4 Å². The highest BCUT2D eigenvalue weighted by atomic mass is 16.6. The molecule has 2 heterocycles. The summed E-state index contributed by atoms with van der Waals surface area (Å²) in [6.07, 6.45) is 5.45. The Kier molecular flexibility index (Phi) is 6.66. The zero-order valence-corrected chi connectivity index (χ0v) is 18.0. The fourth-order valence-electron chi connectivity index (χ4n) is 4.58. The predicted octanol–water partition coefficient (Wildman–Crippen LogP) is 4.59. The van der Waals surface area contributed by atoms with E-state index in [1.54, 1.807) is 0 Å². The summed E-state index contributed by atoms with van der Waals surface area (Å²) in [6.45, 7) is 12.0. The highest BCUT2D eigenvalue weighted by molar-refractivity contribution is 5.85. The van der Waals surface area contributed by atoms with Gasteiger partial charge in [0, 0.05) is 31.6 Å². The highest BCUT2D eigenvalue weighted by Gasteiger charge is 2.43. The smallest absolute Gasteiger partial charge is 0.410 e. The molecule has 0 aliphatic carbocycles. The molecule has 1 aromatic carbocycles. The van der Waals surface area contributed by atoms with Crippen molar-refractivity contribution in [3.05, 3.63) is 48.6 Å². The molecule has 0 spiro atoms. The average molecular weight is 399 g/mol. The first kappa shape index (κ1) is 21.4. The minimum absolute atomic E-state index is 0.0842. The number of ether oxygens (including phenoxy) is 1. The summed E-state index contributed by atoms with van der Waals surface area (Å²) >= 11 is 0. The van der Waals surface area contributed by atoms with E-state index in [2.05, 4.69) is 6.58 Å². The summed E-state index contributed by atoms with van der Waals surface area (Å²) in [7, 11) is 0. The number of amides is 2. The zero-order valence-electron chi connectivity index (χ0n) is 18.0. The highest BCUT2D eigenvalue weighted by Crippen LogP contribution is 2.37. The fraction of sp³-hybridized carbons (Fsp3) is 0.583. The van der Waals surface area contributed by atoms with Crippen LogP contribution in [0.3, 0.4) is 0 Å². The second-order valence-electron chi connectivity index (χ2n) is 9.12. The van der Waals surface area contributed by atoms with Crippen molar-refractivity contribution >= 4 is 12.0 Å². The zero-order chi connectivity index (χ0) is 21.0. The van der Waals surface area contributed by atoms with E-state index in [4.69, 9.17) is 4.74 Å². The van der Waals surface area contributed by atoms with Crippen molar-refractivity contribution in [3.8, 4) is 0 Å². The maximum absolute atomic E-state index is 13.6. The van der Waals surface area contributed by atoms with Crippen LogP contribution in [0.2, 0.25) is 0 Å². The lowest BCUT2D eigenvalue weighted by molar-refractivity contribution is -0.133. The van der Waals surface area contributed by atoms with Gasteiger partial charge in [0.15, 0.2) is 0 Å². The van der Waals surface area contributed by atoms with Crippen LogP contribution < -0.4 is 0 Å². The van der Waals surface area contributed by atoms with E-state index in [0.29, 0.717) is 6.54 Å². The molecule has 3 rings (SSSR count). The molecule has 5 nitrogen and oxygen atoms in total. The third kappa shape index (κ3) is 5.01. The minimum atomic E-state index is -0.544. The van der Waals surface area contributed by atoms with Gasteiger partial charge in [-0.25, -0.2) is 4.79 Å². The van der Waals surface area contributed by atoms with Crippen LogP contribution in [0.1, 0.15) is 57.9 Å². The van der Waals surface area contributed by atoms with Crippen LogP contribution in [-0.2, 0) is 9.53 Å². The Morgan fingerprint density at radius 1 is 1.10 bits per heavy atom. The van der Waals surface area contributed by atoms with E-state index >= 15 is 0 Å². The van der Waals surface area contributed by atoms with Crippen LogP contribution in [0.5, 0.6) is 0 Å². The summed E-state index contributed by atoms with van der Waals surface area (Å²) < 4.78 is 5.65. The van der Waals surface area contributed by atoms with Gasteiger partial charge >= 0.3 is 6.09 Å². The quantitative estimate of drug-likeness (QED) is 0.682. The second kappa shape index (κ2) is 9.02. The van der Waals surface area contributed by atoms with Crippen molar-refractivity contribution in [2.75, 3.05) is 19.6 Å². The third-order valence-electron chi connectivity index (χ3n) is 5.87. The summed E-state index contributed by atoms with van der Waals surface area (Å²) in [6, 6.07) is 9.86. The minimum Gasteiger partial charge on any atom is -0.444 e. The largest absolute Gasteiger partial charge is 0.444 e. The molecule has 0 aromatic heterocycles. The predicted molar refractivity (Wildman–Crippen MR) is 115 cm³/mol. The normalized spacial score (nSPS) is 21.7. The molecule has 2 aliphatic rings. The lowest BCUT2D eigenvalue weighted by Gasteiger charge is -2.36. The topological polar surface area (TPSA) is 49.9 Å². The van der Waals surface area contributed by atoms with Crippen LogP contribution >= 0.6 is 0 Å². The fourth-order valence-corrected chi connectivity index (χ4v) is 4.58. The first-order valence-electron chi connectivity index (χ1n) is 10.8. The molecule has 2 amide bonds. The monoisotopic (exact) mass is 398 g/mol. The Bertz CT molecular complexity index is 719. The van der Waals surface area contributed by atoms with Gasteiger partial charge in [-0.2, -0.15) is 0 Å².